The molecule has 4 aromatic heterocycles. The maximum Gasteiger partial charge on any atom is 0.269 e. The first-order valence-corrected chi connectivity index (χ1v) is 23.1. The summed E-state index contributed by atoms with van der Waals surface area (Å²) in [5.74, 6) is 12.2. The maximum atomic E-state index is 12.6. The summed E-state index contributed by atoms with van der Waals surface area (Å²) >= 11 is 4.85. The van der Waals surface area contributed by atoms with Crippen LogP contribution >= 0.6 is 11.6 Å². The molecule has 5 amide bonds. The molecular formula is C50H55ClN14O6. The summed E-state index contributed by atoms with van der Waals surface area (Å²) in [6.07, 6.45) is 14.8. The fourth-order valence-corrected chi connectivity index (χ4v) is 8.09. The predicted octanol–water partition coefficient (Wildman–Crippen LogP) is 5.79. The number of amides is 5. The predicted molar refractivity (Wildman–Crippen MR) is 270 cm³/mol. The summed E-state index contributed by atoms with van der Waals surface area (Å²) in [6, 6.07) is 23.4. The fraction of sp³-hybridized carbons (Fsp3) is 0.240. The molecule has 8 rings (SSSR count). The molecular weight excluding hydrogens is 928 g/mol. The van der Waals surface area contributed by atoms with E-state index in [0.717, 1.165) is 38.6 Å². The van der Waals surface area contributed by atoms with Gasteiger partial charge in [0.15, 0.2) is 17.2 Å². The molecule has 2 fully saturated rings. The average molecular weight is 984 g/mol. The van der Waals surface area contributed by atoms with Crippen molar-refractivity contribution in [2.45, 2.75) is 64.5 Å². The number of piperidine rings is 2. The van der Waals surface area contributed by atoms with E-state index >= 15 is 0 Å². The van der Waals surface area contributed by atoms with Crippen LogP contribution in [0.15, 0.2) is 122 Å². The number of hydrogen-bond acceptors (Lipinski definition) is 13. The van der Waals surface area contributed by atoms with Crippen LogP contribution < -0.4 is 39.1 Å². The van der Waals surface area contributed by atoms with E-state index in [0.29, 0.717) is 69.9 Å². The Kier molecular flexibility index (Phi) is 18.0. The molecule has 2 atom stereocenters. The highest BCUT2D eigenvalue weighted by molar-refractivity contribution is 6.66. The second-order valence-corrected chi connectivity index (χ2v) is 16.5. The lowest BCUT2D eigenvalue weighted by molar-refractivity contribution is -0.130. The summed E-state index contributed by atoms with van der Waals surface area (Å²) < 4.78 is 2.47. The zero-order valence-electron chi connectivity index (χ0n) is 39.1. The number of nitrogen functional groups attached to an aromatic ring is 2. The van der Waals surface area contributed by atoms with Crippen LogP contribution in [0, 0.1) is 0 Å². The molecule has 368 valence electrons. The molecule has 2 aromatic carbocycles. The SMILES string of the molecule is C/C=C/C(=O)Cl.C/C=C/C(=O)N1CCCC[C@H]1c1nc(-c2ccc(C(=O)Nc3ccccn3)cc2)c(C(N)=O)n1N.NC(=O)c1c(-c2ccc(C(=O)Nc3ccccn3)cc2)nc([C@@H]2CCCCN2)n1N. The second-order valence-electron chi connectivity index (χ2n) is 16.1. The molecule has 2 aliphatic heterocycles. The van der Waals surface area contributed by atoms with E-state index < -0.39 is 17.1 Å². The third-order valence-electron chi connectivity index (χ3n) is 11.3. The molecule has 71 heavy (non-hydrogen) atoms. The number of carbonyl (C=O) groups excluding carboxylic acids is 6. The van der Waals surface area contributed by atoms with Crippen molar-refractivity contribution in [1.29, 1.82) is 0 Å². The third-order valence-corrected chi connectivity index (χ3v) is 11.4. The number of halogens is 1. The number of imidazole rings is 2. The molecule has 6 aromatic rings. The van der Waals surface area contributed by atoms with Gasteiger partial charge in [0.1, 0.15) is 28.8 Å². The second kappa shape index (κ2) is 24.7. The molecule has 0 aliphatic carbocycles. The summed E-state index contributed by atoms with van der Waals surface area (Å²) in [5.41, 5.74) is 14.2. The Labute approximate surface area is 414 Å². The Bertz CT molecular complexity index is 2900. The van der Waals surface area contributed by atoms with Gasteiger partial charge in [0.25, 0.3) is 23.6 Å². The zero-order valence-corrected chi connectivity index (χ0v) is 39.9. The Hall–Kier alpha value is -8.49. The number of allylic oxidation sites excluding steroid dienone is 3. The number of nitrogens with zero attached hydrogens (tertiary/aromatic N) is 7. The zero-order chi connectivity index (χ0) is 51.0. The molecule has 11 N–H and O–H groups in total. The monoisotopic (exact) mass is 982 g/mol. The lowest BCUT2D eigenvalue weighted by Crippen LogP contribution is -2.39. The van der Waals surface area contributed by atoms with E-state index in [1.54, 1.807) is 128 Å². The van der Waals surface area contributed by atoms with Crippen molar-refractivity contribution in [3.05, 3.63) is 156 Å². The number of nitrogens with one attached hydrogen (secondary N) is 3. The Morgan fingerprint density at radius 1 is 0.648 bits per heavy atom. The van der Waals surface area contributed by atoms with E-state index in [1.807, 2.05) is 0 Å². The summed E-state index contributed by atoms with van der Waals surface area (Å²) in [6.45, 7) is 4.96. The van der Waals surface area contributed by atoms with Gasteiger partial charge in [0.2, 0.25) is 11.1 Å². The van der Waals surface area contributed by atoms with Crippen LogP contribution in [0.25, 0.3) is 22.5 Å². The first-order valence-electron chi connectivity index (χ1n) is 22.7. The van der Waals surface area contributed by atoms with Crippen LogP contribution in [0.5, 0.6) is 0 Å². The van der Waals surface area contributed by atoms with Crippen LogP contribution in [-0.2, 0) is 9.59 Å². The van der Waals surface area contributed by atoms with Gasteiger partial charge in [-0.3, -0.25) is 28.8 Å². The van der Waals surface area contributed by atoms with Gasteiger partial charge in [-0.2, -0.15) is 0 Å². The normalized spacial score (nSPS) is 15.5. The summed E-state index contributed by atoms with van der Waals surface area (Å²) in [7, 11) is 0. The topological polar surface area (TPSA) is 307 Å². The van der Waals surface area contributed by atoms with Gasteiger partial charge >= 0.3 is 0 Å². The first kappa shape index (κ1) is 51.9. The van der Waals surface area contributed by atoms with Gasteiger partial charge in [-0.1, -0.05) is 55.0 Å². The minimum absolute atomic E-state index is 0.0287. The van der Waals surface area contributed by atoms with Gasteiger partial charge < -0.3 is 44.0 Å². The van der Waals surface area contributed by atoms with Gasteiger partial charge in [0, 0.05) is 41.2 Å². The third kappa shape index (κ3) is 13.2. The van der Waals surface area contributed by atoms with Crippen molar-refractivity contribution in [1.82, 2.24) is 39.5 Å². The number of primary amides is 2. The van der Waals surface area contributed by atoms with E-state index in [4.69, 9.17) is 34.8 Å². The Balaban J connectivity index is 0.000000210. The van der Waals surface area contributed by atoms with E-state index in [-0.39, 0.29) is 41.2 Å². The lowest BCUT2D eigenvalue weighted by atomic mass is 10.0. The molecule has 20 nitrogen and oxygen atoms in total. The van der Waals surface area contributed by atoms with Gasteiger partial charge in [-0.25, -0.2) is 29.3 Å². The molecule has 0 unspecified atom stereocenters. The number of aromatic nitrogens is 6. The van der Waals surface area contributed by atoms with Crippen LogP contribution in [0.2, 0.25) is 0 Å². The van der Waals surface area contributed by atoms with Crippen molar-refractivity contribution in [3.63, 3.8) is 0 Å². The molecule has 2 saturated heterocycles. The van der Waals surface area contributed by atoms with E-state index in [2.05, 4.69) is 35.9 Å². The number of nitrogens with two attached hydrogens (primary N) is 4. The van der Waals surface area contributed by atoms with Gasteiger partial charge in [0.05, 0.1) is 12.1 Å². The Morgan fingerprint density at radius 3 is 1.56 bits per heavy atom. The highest BCUT2D eigenvalue weighted by Crippen LogP contribution is 2.34. The van der Waals surface area contributed by atoms with E-state index in [1.165, 1.54) is 21.5 Å². The number of benzene rings is 2. The van der Waals surface area contributed by atoms with E-state index in [9.17, 15) is 28.8 Å². The molecule has 21 heteroatoms. The van der Waals surface area contributed by atoms with Crippen molar-refractivity contribution in [3.8, 4) is 22.5 Å². The number of carbonyl (C=O) groups is 6. The number of hydrogen-bond donors (Lipinski definition) is 7. The number of likely N-dealkylation sites (tertiary alicyclic amines) is 1. The van der Waals surface area contributed by atoms with Crippen molar-refractivity contribution >= 4 is 58.0 Å². The molecule has 2 aliphatic rings. The first-order chi connectivity index (χ1) is 34.2. The van der Waals surface area contributed by atoms with Gasteiger partial charge in [-0.15, -0.1) is 0 Å². The molecule has 0 radical (unpaired) electrons. The van der Waals surface area contributed by atoms with Gasteiger partial charge in [-0.05, 0) is 125 Å². The number of pyridine rings is 2. The fourth-order valence-electron chi connectivity index (χ4n) is 7.97. The highest BCUT2D eigenvalue weighted by atomic mass is 35.5. The van der Waals surface area contributed by atoms with Crippen LogP contribution in [0.4, 0.5) is 11.6 Å². The molecule has 6 heterocycles. The standard InChI is InChI=1S/C25H27N7O3.C21H23N7O2.C4H5ClO/c1-2-7-20(33)31-15-6-4-8-18(31)24-30-21(22(23(26)34)32(24)27)16-10-12-17(13-11-16)25(35)29-19-9-3-5-14-28-19;22-19(29)18-17(27-20(28(18)23)15-5-1-3-11-24-15)13-7-9-14(10-8-13)21(30)26-16-6-2-4-12-25-16;1-2-3-4(5)6/h2-3,5,7,9-14,18H,4,6,8,15,27H2,1H3,(H2,26,34)(H,28,29,35);2,4,6-10,12,15,24H,1,3,5,11,23H2,(H2,22,29)(H,25,26,30);2-3H,1H3/b7-2+;;3-2+/t18-;15-;/m00./s1. The van der Waals surface area contributed by atoms with Crippen molar-refractivity contribution in [2.24, 2.45) is 11.5 Å². The minimum atomic E-state index is -0.736. The average Bonchev–Trinajstić information content (AvgIpc) is 3.92. The van der Waals surface area contributed by atoms with Crippen LogP contribution in [0.3, 0.4) is 0 Å². The molecule has 0 spiro atoms. The maximum absolute atomic E-state index is 12.6. The van der Waals surface area contributed by atoms with Crippen molar-refractivity contribution < 1.29 is 28.8 Å². The lowest BCUT2D eigenvalue weighted by Gasteiger charge is -2.34. The Morgan fingerprint density at radius 2 is 1.14 bits per heavy atom. The smallest absolute Gasteiger partial charge is 0.269 e. The van der Waals surface area contributed by atoms with Crippen LogP contribution in [-0.4, -0.2) is 82.1 Å². The van der Waals surface area contributed by atoms with Crippen LogP contribution in [0.1, 0.15) is 118 Å². The number of rotatable bonds is 12. The number of anilines is 2. The summed E-state index contributed by atoms with van der Waals surface area (Å²) in [5, 5.41) is 8.41. The molecule has 0 bridgehead atoms. The molecule has 0 saturated carbocycles. The minimum Gasteiger partial charge on any atom is -0.364 e. The summed E-state index contributed by atoms with van der Waals surface area (Å²) in [4.78, 5) is 90.9. The van der Waals surface area contributed by atoms with Crippen molar-refractivity contribution in [2.75, 3.05) is 35.4 Å². The largest absolute Gasteiger partial charge is 0.364 e. The highest BCUT2D eigenvalue weighted by Gasteiger charge is 2.34. The quantitative estimate of drug-likeness (QED) is 0.0434.